The van der Waals surface area contributed by atoms with Crippen LogP contribution in [0.1, 0.15) is 6.42 Å². The maximum absolute atomic E-state index is 12.0. The minimum Gasteiger partial charge on any atom is -0.341 e. The summed E-state index contributed by atoms with van der Waals surface area (Å²) in [4.78, 5) is 17.7. The number of amides is 1. The van der Waals surface area contributed by atoms with Gasteiger partial charge in [0.1, 0.15) is 0 Å². The summed E-state index contributed by atoms with van der Waals surface area (Å²) in [7, 11) is -1.28. The van der Waals surface area contributed by atoms with Crippen LogP contribution in [0.4, 0.5) is 0 Å². The van der Waals surface area contributed by atoms with Crippen LogP contribution >= 0.6 is 11.8 Å². The Morgan fingerprint density at radius 3 is 2.89 bits per heavy atom. The van der Waals surface area contributed by atoms with E-state index >= 15 is 0 Å². The van der Waals surface area contributed by atoms with E-state index in [1.165, 1.54) is 11.8 Å². The van der Waals surface area contributed by atoms with Crippen molar-refractivity contribution in [2.75, 3.05) is 24.3 Å². The van der Waals surface area contributed by atoms with E-state index in [9.17, 15) is 13.2 Å². The van der Waals surface area contributed by atoms with Crippen LogP contribution in [0.5, 0.6) is 0 Å². The van der Waals surface area contributed by atoms with Gasteiger partial charge in [-0.15, -0.1) is 0 Å². The minimum absolute atomic E-state index is 0.0576. The molecule has 104 valence electrons. The van der Waals surface area contributed by atoms with Crippen molar-refractivity contribution < 1.29 is 13.2 Å². The molecule has 0 unspecified atom stereocenters. The SMILES string of the molecule is CN(C(=O)CSc1ccccn1)[C@H]1CCS(=O)(=O)C1. The Bertz CT molecular complexity index is 545. The lowest BCUT2D eigenvalue weighted by molar-refractivity contribution is -0.128. The Morgan fingerprint density at radius 1 is 1.53 bits per heavy atom. The molecule has 0 bridgehead atoms. The van der Waals surface area contributed by atoms with Gasteiger partial charge in [-0.3, -0.25) is 4.79 Å². The fourth-order valence-electron chi connectivity index (χ4n) is 1.95. The summed E-state index contributed by atoms with van der Waals surface area (Å²) in [5.74, 6) is 0.494. The van der Waals surface area contributed by atoms with E-state index in [1.807, 2.05) is 18.2 Å². The van der Waals surface area contributed by atoms with Crippen LogP contribution in [-0.4, -0.2) is 54.6 Å². The van der Waals surface area contributed by atoms with Crippen molar-refractivity contribution >= 4 is 27.5 Å². The Morgan fingerprint density at radius 2 is 2.32 bits per heavy atom. The third kappa shape index (κ3) is 3.94. The van der Waals surface area contributed by atoms with E-state index in [-0.39, 0.29) is 29.2 Å². The number of nitrogens with zero attached hydrogens (tertiary/aromatic N) is 2. The van der Waals surface area contributed by atoms with Crippen molar-refractivity contribution in [3.63, 3.8) is 0 Å². The molecular formula is C12H16N2O3S2. The van der Waals surface area contributed by atoms with E-state index in [4.69, 9.17) is 0 Å². The van der Waals surface area contributed by atoms with Gasteiger partial charge in [0, 0.05) is 19.3 Å². The number of thioether (sulfide) groups is 1. The summed E-state index contributed by atoms with van der Waals surface area (Å²) < 4.78 is 22.8. The molecule has 1 aromatic rings. The molecule has 1 amide bonds. The molecule has 1 aromatic heterocycles. The maximum Gasteiger partial charge on any atom is 0.233 e. The van der Waals surface area contributed by atoms with Gasteiger partial charge in [0.15, 0.2) is 9.84 Å². The highest BCUT2D eigenvalue weighted by molar-refractivity contribution is 7.99. The first kappa shape index (κ1) is 14.3. The normalized spacial score (nSPS) is 21.2. The second-order valence-corrected chi connectivity index (χ2v) is 7.74. The van der Waals surface area contributed by atoms with E-state index in [1.54, 1.807) is 18.1 Å². The average molecular weight is 300 g/mol. The van der Waals surface area contributed by atoms with E-state index < -0.39 is 9.84 Å². The van der Waals surface area contributed by atoms with Gasteiger partial charge in [0.05, 0.1) is 22.3 Å². The monoisotopic (exact) mass is 300 g/mol. The van der Waals surface area contributed by atoms with Crippen molar-refractivity contribution in [1.29, 1.82) is 0 Å². The number of hydrogen-bond donors (Lipinski definition) is 0. The lowest BCUT2D eigenvalue weighted by Crippen LogP contribution is -2.38. The molecule has 2 rings (SSSR count). The number of carbonyl (C=O) groups excluding carboxylic acids is 1. The topological polar surface area (TPSA) is 67.3 Å². The first-order valence-electron chi connectivity index (χ1n) is 5.98. The third-order valence-corrected chi connectivity index (χ3v) is 5.81. The van der Waals surface area contributed by atoms with Gasteiger partial charge in [-0.1, -0.05) is 17.8 Å². The molecule has 7 heteroatoms. The molecule has 0 spiro atoms. The summed E-state index contributed by atoms with van der Waals surface area (Å²) in [5, 5.41) is 0.795. The van der Waals surface area contributed by atoms with Gasteiger partial charge in [0.25, 0.3) is 0 Å². The molecule has 1 saturated heterocycles. The Balaban J connectivity index is 1.87. The first-order chi connectivity index (χ1) is 8.98. The van der Waals surface area contributed by atoms with Gasteiger partial charge in [0.2, 0.25) is 5.91 Å². The smallest absolute Gasteiger partial charge is 0.233 e. The quantitative estimate of drug-likeness (QED) is 0.770. The number of carbonyl (C=O) groups is 1. The number of sulfone groups is 1. The van der Waals surface area contributed by atoms with Gasteiger partial charge < -0.3 is 4.90 Å². The van der Waals surface area contributed by atoms with Crippen LogP contribution in [0.15, 0.2) is 29.4 Å². The highest BCUT2D eigenvalue weighted by Gasteiger charge is 2.32. The zero-order valence-electron chi connectivity index (χ0n) is 10.7. The molecule has 0 aliphatic carbocycles. The lowest BCUT2D eigenvalue weighted by atomic mass is 10.2. The summed E-state index contributed by atoms with van der Waals surface area (Å²) in [6.45, 7) is 0. The molecule has 5 nitrogen and oxygen atoms in total. The van der Waals surface area contributed by atoms with Gasteiger partial charge in [-0.05, 0) is 18.6 Å². The molecule has 1 atom stereocenters. The fourth-order valence-corrected chi connectivity index (χ4v) is 4.51. The Kier molecular flexibility index (Phi) is 4.46. The summed E-state index contributed by atoms with van der Waals surface area (Å²) in [6.07, 6.45) is 2.22. The Labute approximate surface area is 117 Å². The van der Waals surface area contributed by atoms with Crippen molar-refractivity contribution in [3.05, 3.63) is 24.4 Å². The molecule has 0 N–H and O–H groups in total. The Hall–Kier alpha value is -1.08. The van der Waals surface area contributed by atoms with E-state index in [2.05, 4.69) is 4.98 Å². The molecular weight excluding hydrogens is 284 g/mol. The number of rotatable bonds is 4. The van der Waals surface area contributed by atoms with Gasteiger partial charge in [-0.2, -0.15) is 0 Å². The minimum atomic E-state index is -2.95. The zero-order valence-corrected chi connectivity index (χ0v) is 12.3. The van der Waals surface area contributed by atoms with Crippen molar-refractivity contribution in [2.24, 2.45) is 0 Å². The molecule has 0 saturated carbocycles. The fraction of sp³-hybridized carbons (Fsp3) is 0.500. The van der Waals surface area contributed by atoms with Crippen LogP contribution in [0, 0.1) is 0 Å². The van der Waals surface area contributed by atoms with Crippen LogP contribution in [0.3, 0.4) is 0 Å². The first-order valence-corrected chi connectivity index (χ1v) is 8.78. The van der Waals surface area contributed by atoms with Crippen LogP contribution in [0.2, 0.25) is 0 Å². The van der Waals surface area contributed by atoms with Crippen molar-refractivity contribution in [3.8, 4) is 0 Å². The maximum atomic E-state index is 12.0. The third-order valence-electron chi connectivity index (χ3n) is 3.13. The molecule has 1 fully saturated rings. The number of hydrogen-bond acceptors (Lipinski definition) is 5. The molecule has 1 aliphatic rings. The van der Waals surface area contributed by atoms with Crippen molar-refractivity contribution in [1.82, 2.24) is 9.88 Å². The zero-order chi connectivity index (χ0) is 13.9. The summed E-state index contributed by atoms with van der Waals surface area (Å²) in [6, 6.07) is 5.36. The van der Waals surface area contributed by atoms with Crippen LogP contribution in [-0.2, 0) is 14.6 Å². The predicted molar refractivity (Wildman–Crippen MR) is 74.8 cm³/mol. The predicted octanol–water partition coefficient (Wildman–Crippen LogP) is 0.819. The highest BCUT2D eigenvalue weighted by Crippen LogP contribution is 2.19. The van der Waals surface area contributed by atoms with E-state index in [0.29, 0.717) is 6.42 Å². The number of aromatic nitrogens is 1. The second-order valence-electron chi connectivity index (χ2n) is 4.52. The van der Waals surface area contributed by atoms with Gasteiger partial charge in [-0.25, -0.2) is 13.4 Å². The number of pyridine rings is 1. The van der Waals surface area contributed by atoms with Crippen molar-refractivity contribution in [2.45, 2.75) is 17.5 Å². The largest absolute Gasteiger partial charge is 0.341 e. The lowest BCUT2D eigenvalue weighted by Gasteiger charge is -2.23. The van der Waals surface area contributed by atoms with Crippen LogP contribution in [0.25, 0.3) is 0 Å². The second kappa shape index (κ2) is 5.92. The molecule has 1 aliphatic heterocycles. The summed E-state index contributed by atoms with van der Waals surface area (Å²) in [5.41, 5.74) is 0. The van der Waals surface area contributed by atoms with Gasteiger partial charge >= 0.3 is 0 Å². The standard InChI is InChI=1S/C12H16N2O3S2/c1-14(10-5-7-19(16,17)9-10)12(15)8-18-11-4-2-3-6-13-11/h2-4,6,10H,5,7-9H2,1H3/t10-/m0/s1. The molecule has 2 heterocycles. The average Bonchev–Trinajstić information content (AvgIpc) is 2.76. The van der Waals surface area contributed by atoms with E-state index in [0.717, 1.165) is 5.03 Å². The molecule has 19 heavy (non-hydrogen) atoms. The van der Waals surface area contributed by atoms with Crippen LogP contribution < -0.4 is 0 Å². The summed E-state index contributed by atoms with van der Waals surface area (Å²) >= 11 is 1.36. The molecule has 0 radical (unpaired) electrons. The highest BCUT2D eigenvalue weighted by atomic mass is 32.2. The molecule has 0 aromatic carbocycles.